The van der Waals surface area contributed by atoms with Crippen molar-refractivity contribution >= 4 is 29.9 Å². The molecule has 1 aliphatic heterocycles. The molecule has 0 spiro atoms. The van der Waals surface area contributed by atoms with Gasteiger partial charge in [0.15, 0.2) is 0 Å². The number of methoxy groups -OCH3 is 1. The van der Waals surface area contributed by atoms with E-state index in [0.717, 1.165) is 69.2 Å². The molecule has 6 nitrogen and oxygen atoms in total. The summed E-state index contributed by atoms with van der Waals surface area (Å²) in [4.78, 5) is 36.9. The summed E-state index contributed by atoms with van der Waals surface area (Å²) in [5, 5.41) is 3.21. The van der Waals surface area contributed by atoms with Crippen LogP contribution < -0.4 is 5.32 Å². The van der Waals surface area contributed by atoms with Gasteiger partial charge in [0.05, 0.1) is 11.9 Å². The third-order valence-electron chi connectivity index (χ3n) is 5.94. The normalized spacial score (nSPS) is 24.7. The highest BCUT2D eigenvalue weighted by Gasteiger charge is 2.33. The Morgan fingerprint density at radius 3 is 2.72 bits per heavy atom. The van der Waals surface area contributed by atoms with Gasteiger partial charge in [-0.3, -0.25) is 9.59 Å². The fourth-order valence-electron chi connectivity index (χ4n) is 4.02. The van der Waals surface area contributed by atoms with Gasteiger partial charge in [0.2, 0.25) is 11.8 Å². The van der Waals surface area contributed by atoms with E-state index in [1.54, 1.807) is 18.9 Å². The lowest BCUT2D eigenvalue weighted by molar-refractivity contribution is -0.127. The second-order valence-electron chi connectivity index (χ2n) is 8.12. The Morgan fingerprint density at radius 2 is 2.03 bits per heavy atom. The highest BCUT2D eigenvalue weighted by molar-refractivity contribution is 8.00. The van der Waals surface area contributed by atoms with Crippen LogP contribution in [0.15, 0.2) is 12.3 Å². The number of hydrogen-bond acceptors (Lipinski definition) is 5. The van der Waals surface area contributed by atoms with Crippen LogP contribution in [0.3, 0.4) is 0 Å². The first-order valence-corrected chi connectivity index (χ1v) is 11.9. The lowest BCUT2D eigenvalue weighted by atomic mass is 9.83. The number of amides is 2. The van der Waals surface area contributed by atoms with E-state index in [-0.39, 0.29) is 23.0 Å². The Bertz CT molecular complexity index is 561. The molecule has 7 heteroatoms. The summed E-state index contributed by atoms with van der Waals surface area (Å²) in [5.74, 6) is 1.87. The highest BCUT2D eigenvalue weighted by atomic mass is 32.2. The van der Waals surface area contributed by atoms with Crippen LogP contribution in [0, 0.1) is 11.8 Å². The van der Waals surface area contributed by atoms with Crippen molar-refractivity contribution in [1.82, 2.24) is 10.2 Å². The van der Waals surface area contributed by atoms with E-state index in [4.69, 9.17) is 4.74 Å². The molecular formula is C22H36N2O4S. The number of ether oxygens (including phenoxy) is 1. The number of unbranched alkanes of at least 4 members (excludes halogenated alkanes) is 2. The zero-order valence-electron chi connectivity index (χ0n) is 17.7. The first-order chi connectivity index (χ1) is 14.0. The second kappa shape index (κ2) is 13.1. The molecule has 2 aliphatic rings. The van der Waals surface area contributed by atoms with E-state index >= 15 is 0 Å². The minimum atomic E-state index is 0.110. The van der Waals surface area contributed by atoms with Crippen molar-refractivity contribution in [2.24, 2.45) is 11.8 Å². The first-order valence-electron chi connectivity index (χ1n) is 10.9. The molecule has 0 aromatic rings. The lowest BCUT2D eigenvalue weighted by Gasteiger charge is -2.25. The van der Waals surface area contributed by atoms with Crippen molar-refractivity contribution in [2.45, 2.75) is 63.0 Å². The van der Waals surface area contributed by atoms with E-state index < -0.39 is 0 Å². The van der Waals surface area contributed by atoms with Crippen LogP contribution in [0.1, 0.15) is 57.8 Å². The van der Waals surface area contributed by atoms with Gasteiger partial charge in [-0.1, -0.05) is 13.0 Å². The van der Waals surface area contributed by atoms with E-state index in [2.05, 4.69) is 11.9 Å². The number of hydrogen-bond donors (Lipinski definition) is 1. The van der Waals surface area contributed by atoms with Gasteiger partial charge in [-0.25, -0.2) is 0 Å². The molecule has 1 saturated heterocycles. The van der Waals surface area contributed by atoms with Crippen LogP contribution in [0.2, 0.25) is 0 Å². The molecule has 0 aromatic carbocycles. The number of rotatable bonds is 13. The number of nitrogens with one attached hydrogen (secondary N) is 1. The van der Waals surface area contributed by atoms with E-state index in [1.165, 1.54) is 0 Å². The summed E-state index contributed by atoms with van der Waals surface area (Å²) in [6, 6.07) is 0. The minimum absolute atomic E-state index is 0.110. The van der Waals surface area contributed by atoms with Crippen molar-refractivity contribution < 1.29 is 19.1 Å². The summed E-state index contributed by atoms with van der Waals surface area (Å²) in [6.07, 6.45) is 8.76. The van der Waals surface area contributed by atoms with Gasteiger partial charge in [0.1, 0.15) is 6.29 Å². The predicted molar refractivity (Wildman–Crippen MR) is 117 cm³/mol. The topological polar surface area (TPSA) is 75.7 Å². The largest absolute Gasteiger partial charge is 0.384 e. The SMILES string of the molecule is C=C1C(SCCOC)CC(=O)N1CCCCCC(=O)NCC1CCC(C=O)CC1. The molecule has 29 heavy (non-hydrogen) atoms. The maximum absolute atomic E-state index is 12.2. The molecule has 2 amide bonds. The molecule has 164 valence electrons. The van der Waals surface area contributed by atoms with Crippen molar-refractivity contribution in [3.05, 3.63) is 12.3 Å². The molecule has 1 heterocycles. The molecule has 1 unspecified atom stereocenters. The third-order valence-corrected chi connectivity index (χ3v) is 7.19. The zero-order valence-corrected chi connectivity index (χ0v) is 18.5. The van der Waals surface area contributed by atoms with Gasteiger partial charge >= 0.3 is 0 Å². The fourth-order valence-corrected chi connectivity index (χ4v) is 5.15. The molecule has 1 atom stereocenters. The molecule has 1 saturated carbocycles. The van der Waals surface area contributed by atoms with Gasteiger partial charge in [-0.2, -0.15) is 0 Å². The highest BCUT2D eigenvalue weighted by Crippen LogP contribution is 2.32. The Morgan fingerprint density at radius 1 is 1.28 bits per heavy atom. The van der Waals surface area contributed by atoms with Crippen LogP contribution in [0.4, 0.5) is 0 Å². The Balaban J connectivity index is 1.53. The predicted octanol–water partition coefficient (Wildman–Crippen LogP) is 3.16. The average Bonchev–Trinajstić information content (AvgIpc) is 3.00. The number of nitrogens with zero attached hydrogens (tertiary/aromatic N) is 1. The molecule has 0 aromatic heterocycles. The minimum Gasteiger partial charge on any atom is -0.384 e. The van der Waals surface area contributed by atoms with E-state index in [9.17, 15) is 14.4 Å². The van der Waals surface area contributed by atoms with Crippen molar-refractivity contribution in [3.8, 4) is 0 Å². The maximum atomic E-state index is 12.2. The Kier molecular flexibility index (Phi) is 10.8. The van der Waals surface area contributed by atoms with E-state index in [0.29, 0.717) is 31.9 Å². The quantitative estimate of drug-likeness (QED) is 0.363. The lowest BCUT2D eigenvalue weighted by Crippen LogP contribution is -2.31. The molecule has 2 rings (SSSR count). The van der Waals surface area contributed by atoms with Gasteiger partial charge in [0.25, 0.3) is 0 Å². The Hall–Kier alpha value is -1.34. The number of thioether (sulfide) groups is 1. The van der Waals surface area contributed by atoms with Crippen molar-refractivity contribution in [3.63, 3.8) is 0 Å². The summed E-state index contributed by atoms with van der Waals surface area (Å²) >= 11 is 1.73. The standard InChI is InChI=1S/C22H36N2O4S/c1-17-20(29-13-12-28-2)14-22(27)24(17)11-5-3-4-6-21(26)23-15-18-7-9-19(16-25)10-8-18/h16,18-20H,1,3-15H2,2H3,(H,23,26). The molecule has 0 bridgehead atoms. The monoisotopic (exact) mass is 424 g/mol. The first kappa shape index (κ1) is 23.9. The van der Waals surface area contributed by atoms with Crippen LogP contribution in [0.5, 0.6) is 0 Å². The number of carbonyl (C=O) groups is 3. The van der Waals surface area contributed by atoms with Gasteiger partial charge in [-0.05, 0) is 44.4 Å². The molecule has 0 radical (unpaired) electrons. The van der Waals surface area contributed by atoms with Gasteiger partial charge in [0, 0.05) is 50.4 Å². The zero-order chi connectivity index (χ0) is 21.1. The Labute approximate surface area is 179 Å². The van der Waals surface area contributed by atoms with Crippen LogP contribution in [0.25, 0.3) is 0 Å². The summed E-state index contributed by atoms with van der Waals surface area (Å²) in [6.45, 7) is 6.22. The van der Waals surface area contributed by atoms with Crippen LogP contribution >= 0.6 is 11.8 Å². The van der Waals surface area contributed by atoms with Crippen molar-refractivity contribution in [1.29, 1.82) is 0 Å². The molecule has 1 N–H and O–H groups in total. The summed E-state index contributed by atoms with van der Waals surface area (Å²) in [7, 11) is 1.68. The third kappa shape index (κ3) is 8.13. The number of likely N-dealkylation sites (tertiary alicyclic amines) is 1. The number of carbonyl (C=O) groups excluding carboxylic acids is 3. The van der Waals surface area contributed by atoms with Gasteiger partial charge in [-0.15, -0.1) is 11.8 Å². The van der Waals surface area contributed by atoms with Crippen LogP contribution in [-0.2, 0) is 19.1 Å². The number of aldehydes is 1. The fraction of sp³-hybridized carbons (Fsp3) is 0.773. The molecule has 1 aliphatic carbocycles. The average molecular weight is 425 g/mol. The molecule has 2 fully saturated rings. The summed E-state index contributed by atoms with van der Waals surface area (Å²) < 4.78 is 5.07. The second-order valence-corrected chi connectivity index (χ2v) is 9.44. The van der Waals surface area contributed by atoms with Gasteiger partial charge < -0.3 is 19.7 Å². The van der Waals surface area contributed by atoms with Crippen LogP contribution in [-0.4, -0.2) is 60.8 Å². The summed E-state index contributed by atoms with van der Waals surface area (Å²) in [5.41, 5.74) is 0.915. The smallest absolute Gasteiger partial charge is 0.228 e. The molecular weight excluding hydrogens is 388 g/mol. The van der Waals surface area contributed by atoms with Crippen molar-refractivity contribution in [2.75, 3.05) is 32.6 Å². The van der Waals surface area contributed by atoms with E-state index in [1.807, 2.05) is 4.90 Å². The maximum Gasteiger partial charge on any atom is 0.228 e.